The average Bonchev–Trinajstić information content (AvgIpc) is 3.15. The average molecular weight is 356 g/mol. The van der Waals surface area contributed by atoms with Crippen LogP contribution in [0, 0.1) is 0 Å². The molecule has 0 spiro atoms. The zero-order chi connectivity index (χ0) is 18.5. The van der Waals surface area contributed by atoms with Gasteiger partial charge in [0.1, 0.15) is 12.5 Å². The third-order valence-electron chi connectivity index (χ3n) is 5.29. The summed E-state index contributed by atoms with van der Waals surface area (Å²) in [5.41, 5.74) is 3.22. The first-order valence-electron chi connectivity index (χ1n) is 9.55. The number of carbonyl (C=O) groups excluding carboxylic acids is 1. The van der Waals surface area contributed by atoms with Crippen LogP contribution in [0.25, 0.3) is 11.3 Å². The van der Waals surface area contributed by atoms with Crippen LogP contribution in [0.15, 0.2) is 28.9 Å². The molecule has 2 atom stereocenters. The van der Waals surface area contributed by atoms with Crippen LogP contribution < -0.4 is 4.74 Å². The second kappa shape index (κ2) is 8.49. The molecule has 0 bridgehead atoms. The summed E-state index contributed by atoms with van der Waals surface area (Å²) >= 11 is 0. The molecule has 0 N–H and O–H groups in total. The molecule has 140 valence electrons. The van der Waals surface area contributed by atoms with Gasteiger partial charge < -0.3 is 14.1 Å². The number of ether oxygens (including phenoxy) is 1. The molecule has 1 aromatic carbocycles. The maximum atomic E-state index is 12.2. The number of aromatic nitrogens is 1. The van der Waals surface area contributed by atoms with Crippen molar-refractivity contribution >= 4 is 6.29 Å². The highest BCUT2D eigenvalue weighted by atomic mass is 16.5. The third kappa shape index (κ3) is 3.40. The fourth-order valence-corrected chi connectivity index (χ4v) is 4.24. The molecule has 0 saturated carbocycles. The van der Waals surface area contributed by atoms with Crippen molar-refractivity contribution in [2.45, 2.75) is 51.5 Å². The molecule has 5 nitrogen and oxygen atoms in total. The predicted octanol–water partition coefficient (Wildman–Crippen LogP) is 4.07. The molecule has 0 amide bonds. The predicted molar refractivity (Wildman–Crippen MR) is 102 cm³/mol. The van der Waals surface area contributed by atoms with Gasteiger partial charge in [-0.1, -0.05) is 37.2 Å². The number of aldehydes is 1. The summed E-state index contributed by atoms with van der Waals surface area (Å²) in [6.45, 7) is 6.43. The van der Waals surface area contributed by atoms with Crippen molar-refractivity contribution in [2.24, 2.45) is 0 Å². The molecule has 3 rings (SSSR count). The minimum absolute atomic E-state index is 0.164. The zero-order valence-electron chi connectivity index (χ0n) is 15.9. The third-order valence-corrected chi connectivity index (χ3v) is 5.29. The molecule has 5 heteroatoms. The van der Waals surface area contributed by atoms with E-state index in [1.165, 1.54) is 5.56 Å². The number of nitrogens with zero attached hydrogens (tertiary/aromatic N) is 2. The Balaban J connectivity index is 2.06. The lowest BCUT2D eigenvalue weighted by Gasteiger charge is -2.39. The molecule has 0 aliphatic heterocycles. The summed E-state index contributed by atoms with van der Waals surface area (Å²) in [7, 11) is 1.61. The Bertz CT molecular complexity index is 735. The van der Waals surface area contributed by atoms with Crippen LogP contribution in [0.3, 0.4) is 0 Å². The standard InChI is InChI=1S/C21H28N2O3/c1-4-11-23(12-5-2)18-10-9-15-7-6-8-16(20(15)17(18)14-24)21-19(25-3)13-22-26-21/h6-8,13-14,17-18H,4-5,9-12H2,1-3H3. The Morgan fingerprint density at radius 3 is 2.73 bits per heavy atom. The number of hydrogen-bond acceptors (Lipinski definition) is 5. The van der Waals surface area contributed by atoms with Gasteiger partial charge in [0.05, 0.1) is 13.0 Å². The molecule has 0 saturated heterocycles. The van der Waals surface area contributed by atoms with Gasteiger partial charge in [-0.3, -0.25) is 4.90 Å². The van der Waals surface area contributed by atoms with Crippen LogP contribution in [0.2, 0.25) is 0 Å². The Labute approximate surface area is 155 Å². The number of benzene rings is 1. The molecule has 1 aliphatic rings. The van der Waals surface area contributed by atoms with Crippen LogP contribution in [-0.4, -0.2) is 42.6 Å². The summed E-state index contributed by atoms with van der Waals surface area (Å²) < 4.78 is 10.9. The van der Waals surface area contributed by atoms with E-state index in [-0.39, 0.29) is 12.0 Å². The van der Waals surface area contributed by atoms with E-state index in [1.54, 1.807) is 13.3 Å². The van der Waals surface area contributed by atoms with Crippen molar-refractivity contribution in [3.05, 3.63) is 35.5 Å². The smallest absolute Gasteiger partial charge is 0.208 e. The van der Waals surface area contributed by atoms with Crippen molar-refractivity contribution in [3.63, 3.8) is 0 Å². The van der Waals surface area contributed by atoms with Gasteiger partial charge in [-0.05, 0) is 49.9 Å². The van der Waals surface area contributed by atoms with Gasteiger partial charge in [0.25, 0.3) is 0 Å². The number of fused-ring (bicyclic) bond motifs is 1. The van der Waals surface area contributed by atoms with Crippen LogP contribution in [-0.2, 0) is 11.2 Å². The second-order valence-electron chi connectivity index (χ2n) is 6.91. The summed E-state index contributed by atoms with van der Waals surface area (Å²) in [6, 6.07) is 6.38. The number of carbonyl (C=O) groups is 1. The summed E-state index contributed by atoms with van der Waals surface area (Å²) in [4.78, 5) is 14.7. The second-order valence-corrected chi connectivity index (χ2v) is 6.91. The Kier molecular flexibility index (Phi) is 6.09. The molecular weight excluding hydrogens is 328 g/mol. The van der Waals surface area contributed by atoms with E-state index in [2.05, 4.69) is 30.0 Å². The maximum Gasteiger partial charge on any atom is 0.208 e. The Morgan fingerprint density at radius 1 is 1.31 bits per heavy atom. The van der Waals surface area contributed by atoms with E-state index in [0.29, 0.717) is 11.5 Å². The van der Waals surface area contributed by atoms with Crippen LogP contribution >= 0.6 is 0 Å². The van der Waals surface area contributed by atoms with Crippen molar-refractivity contribution in [2.75, 3.05) is 20.2 Å². The van der Waals surface area contributed by atoms with Crippen LogP contribution in [0.5, 0.6) is 5.75 Å². The first kappa shape index (κ1) is 18.6. The number of methoxy groups -OCH3 is 1. The minimum atomic E-state index is -0.164. The highest BCUT2D eigenvalue weighted by Crippen LogP contribution is 2.42. The normalized spacial score (nSPS) is 19.4. The van der Waals surface area contributed by atoms with E-state index in [0.717, 1.165) is 56.2 Å². The SMILES string of the molecule is CCCN(CCC)C1CCc2cccc(-c3oncc3OC)c2C1C=O. The van der Waals surface area contributed by atoms with Gasteiger partial charge in [0.15, 0.2) is 5.75 Å². The molecule has 26 heavy (non-hydrogen) atoms. The highest BCUT2D eigenvalue weighted by Gasteiger charge is 2.35. The van der Waals surface area contributed by atoms with E-state index >= 15 is 0 Å². The lowest BCUT2D eigenvalue weighted by atomic mass is 9.76. The molecule has 1 heterocycles. The van der Waals surface area contributed by atoms with E-state index in [4.69, 9.17) is 9.26 Å². The van der Waals surface area contributed by atoms with Crippen molar-refractivity contribution in [1.82, 2.24) is 10.1 Å². The van der Waals surface area contributed by atoms with E-state index in [1.807, 2.05) is 12.1 Å². The fraction of sp³-hybridized carbons (Fsp3) is 0.524. The quantitative estimate of drug-likeness (QED) is 0.667. The van der Waals surface area contributed by atoms with Gasteiger partial charge in [0.2, 0.25) is 5.76 Å². The fourth-order valence-electron chi connectivity index (χ4n) is 4.24. The van der Waals surface area contributed by atoms with Crippen LogP contribution in [0.4, 0.5) is 0 Å². The molecule has 2 aromatic rings. The summed E-state index contributed by atoms with van der Waals surface area (Å²) in [5, 5.41) is 3.88. The van der Waals surface area contributed by atoms with Crippen molar-refractivity contribution < 1.29 is 14.1 Å². The molecule has 0 fully saturated rings. The molecule has 1 aromatic heterocycles. The summed E-state index contributed by atoms with van der Waals surface area (Å²) in [6.07, 6.45) is 6.85. The Hall–Kier alpha value is -2.14. The van der Waals surface area contributed by atoms with Gasteiger partial charge >= 0.3 is 0 Å². The van der Waals surface area contributed by atoms with Crippen molar-refractivity contribution in [3.8, 4) is 17.1 Å². The van der Waals surface area contributed by atoms with Crippen LogP contribution in [0.1, 0.15) is 50.2 Å². The number of rotatable bonds is 8. The zero-order valence-corrected chi connectivity index (χ0v) is 15.9. The minimum Gasteiger partial charge on any atom is -0.491 e. The van der Waals surface area contributed by atoms with E-state index < -0.39 is 0 Å². The van der Waals surface area contributed by atoms with Crippen molar-refractivity contribution in [1.29, 1.82) is 0 Å². The highest BCUT2D eigenvalue weighted by molar-refractivity contribution is 5.77. The largest absolute Gasteiger partial charge is 0.491 e. The van der Waals surface area contributed by atoms with Gasteiger partial charge in [-0.2, -0.15) is 0 Å². The van der Waals surface area contributed by atoms with Gasteiger partial charge in [-0.25, -0.2) is 0 Å². The first-order chi connectivity index (χ1) is 12.7. The molecular formula is C21H28N2O3. The molecule has 0 radical (unpaired) electrons. The lowest BCUT2D eigenvalue weighted by molar-refractivity contribution is -0.110. The Morgan fingerprint density at radius 2 is 2.08 bits per heavy atom. The molecule has 1 aliphatic carbocycles. The topological polar surface area (TPSA) is 55.6 Å². The summed E-state index contributed by atoms with van der Waals surface area (Å²) in [5.74, 6) is 1.04. The first-order valence-corrected chi connectivity index (χ1v) is 9.55. The lowest BCUT2D eigenvalue weighted by Crippen LogP contribution is -2.43. The maximum absolute atomic E-state index is 12.2. The number of hydrogen-bond donors (Lipinski definition) is 0. The van der Waals surface area contributed by atoms with Gasteiger partial charge in [0, 0.05) is 11.6 Å². The van der Waals surface area contributed by atoms with E-state index in [9.17, 15) is 4.79 Å². The monoisotopic (exact) mass is 356 g/mol. The van der Waals surface area contributed by atoms with Gasteiger partial charge in [-0.15, -0.1) is 0 Å². The molecule has 2 unspecified atom stereocenters. The number of aryl methyl sites for hydroxylation is 1.